The van der Waals surface area contributed by atoms with Gasteiger partial charge in [-0.1, -0.05) is 48.5 Å². The molecule has 0 fully saturated rings. The lowest BCUT2D eigenvalue weighted by atomic mass is 9.90. The van der Waals surface area contributed by atoms with Crippen molar-refractivity contribution in [3.63, 3.8) is 0 Å². The second-order valence-corrected chi connectivity index (χ2v) is 9.28. The molecule has 1 aromatic heterocycles. The van der Waals surface area contributed by atoms with E-state index in [1.54, 1.807) is 0 Å². The minimum absolute atomic E-state index is 0.0328. The minimum atomic E-state index is 0.0328. The molecular formula is C29H28N2O2. The number of furan rings is 1. The summed E-state index contributed by atoms with van der Waals surface area (Å²) in [6.07, 6.45) is 4.17. The Kier molecular flexibility index (Phi) is 5.03. The molecule has 166 valence electrons. The maximum atomic E-state index is 12.1. The average molecular weight is 437 g/mol. The topological polar surface area (TPSA) is 54.3 Å². The van der Waals surface area contributed by atoms with Crippen LogP contribution in [0.1, 0.15) is 64.7 Å². The van der Waals surface area contributed by atoms with Crippen LogP contribution in [0.2, 0.25) is 0 Å². The molecule has 2 heterocycles. The largest absolute Gasteiger partial charge is 0.459 e. The highest BCUT2D eigenvalue weighted by Gasteiger charge is 2.28. The lowest BCUT2D eigenvalue weighted by molar-refractivity contribution is 0.0946. The van der Waals surface area contributed by atoms with Gasteiger partial charge in [0, 0.05) is 29.1 Å². The van der Waals surface area contributed by atoms with Crippen molar-refractivity contribution in [3.05, 3.63) is 94.7 Å². The number of nitrogens with one attached hydrogen (secondary N) is 2. The zero-order valence-electron chi connectivity index (χ0n) is 18.9. The number of fused-ring (bicyclic) bond motifs is 4. The Labute approximate surface area is 194 Å². The number of carbonyl (C=O) groups excluding carboxylic acids is 1. The lowest BCUT2D eigenvalue weighted by Gasteiger charge is -2.26. The Morgan fingerprint density at radius 1 is 1.00 bits per heavy atom. The first-order valence-corrected chi connectivity index (χ1v) is 12.0. The Morgan fingerprint density at radius 3 is 2.70 bits per heavy atom. The summed E-state index contributed by atoms with van der Waals surface area (Å²) in [6, 6.07) is 23.8. The number of rotatable bonds is 4. The zero-order valence-corrected chi connectivity index (χ0v) is 18.9. The van der Waals surface area contributed by atoms with Gasteiger partial charge in [-0.2, -0.15) is 0 Å². The van der Waals surface area contributed by atoms with Crippen LogP contribution in [0.25, 0.3) is 22.1 Å². The van der Waals surface area contributed by atoms with E-state index >= 15 is 0 Å². The molecule has 4 nitrogen and oxygen atoms in total. The van der Waals surface area contributed by atoms with Gasteiger partial charge in [-0.05, 0) is 73.1 Å². The van der Waals surface area contributed by atoms with Gasteiger partial charge in [0.1, 0.15) is 11.3 Å². The van der Waals surface area contributed by atoms with E-state index in [1.807, 2.05) is 6.07 Å². The third-order valence-electron chi connectivity index (χ3n) is 7.17. The monoisotopic (exact) mass is 436 g/mol. The lowest BCUT2D eigenvalue weighted by Crippen LogP contribution is -2.31. The normalized spacial score (nSPS) is 18.5. The summed E-state index contributed by atoms with van der Waals surface area (Å²) in [6.45, 7) is 2.93. The van der Waals surface area contributed by atoms with E-state index in [4.69, 9.17) is 4.42 Å². The Balaban J connectivity index is 1.34. The second kappa shape index (κ2) is 8.20. The molecule has 4 heteroatoms. The summed E-state index contributed by atoms with van der Waals surface area (Å²) < 4.78 is 6.42. The molecule has 33 heavy (non-hydrogen) atoms. The summed E-state index contributed by atoms with van der Waals surface area (Å²) in [4.78, 5) is 12.1. The molecule has 2 N–H and O–H groups in total. The van der Waals surface area contributed by atoms with Crippen molar-refractivity contribution in [1.82, 2.24) is 10.6 Å². The highest BCUT2D eigenvalue weighted by Crippen LogP contribution is 2.40. The maximum absolute atomic E-state index is 12.1. The van der Waals surface area contributed by atoms with Gasteiger partial charge in [-0.15, -0.1) is 0 Å². The number of aryl methyl sites for hydroxylation is 1. The van der Waals surface area contributed by atoms with E-state index in [9.17, 15) is 4.79 Å². The smallest absolute Gasteiger partial charge is 0.251 e. The summed E-state index contributed by atoms with van der Waals surface area (Å²) in [5.74, 6) is 1.13. The fourth-order valence-electron chi connectivity index (χ4n) is 5.41. The molecule has 0 radical (unpaired) electrons. The molecule has 2 aliphatic rings. The standard InChI is InChI=1S/C29H28N2O2/c1-18(19-6-3-2-4-7-19)31-26-9-5-8-24-25-17-21(11-13-27(25)33-28(24)26)20-10-12-23-22(16-20)14-15-30-29(23)32/h2-4,6-7,10-13,16-18,26,31H,5,8-9,14-15H2,1H3,(H,30,32)/t18-,26?/m1/s1. The van der Waals surface area contributed by atoms with E-state index in [0.717, 1.165) is 53.7 Å². The summed E-state index contributed by atoms with van der Waals surface area (Å²) in [7, 11) is 0. The van der Waals surface area contributed by atoms with Crippen molar-refractivity contribution >= 4 is 16.9 Å². The fraction of sp³-hybridized carbons (Fsp3) is 0.276. The summed E-state index contributed by atoms with van der Waals surface area (Å²) >= 11 is 0. The SMILES string of the molecule is C[C@@H](NC1CCCc2c1oc1ccc(-c3ccc4c(c3)CCNC4=O)cc21)c1ccccc1. The van der Waals surface area contributed by atoms with Crippen molar-refractivity contribution in [2.75, 3.05) is 6.54 Å². The molecule has 4 aromatic rings. The van der Waals surface area contributed by atoms with Crippen LogP contribution in [0.3, 0.4) is 0 Å². The van der Waals surface area contributed by atoms with Crippen molar-refractivity contribution in [2.45, 2.75) is 44.7 Å². The number of hydrogen-bond acceptors (Lipinski definition) is 3. The van der Waals surface area contributed by atoms with Gasteiger partial charge >= 0.3 is 0 Å². The van der Waals surface area contributed by atoms with Crippen LogP contribution in [0, 0.1) is 0 Å². The van der Waals surface area contributed by atoms with Crippen molar-refractivity contribution in [1.29, 1.82) is 0 Å². The van der Waals surface area contributed by atoms with Crippen LogP contribution >= 0.6 is 0 Å². The quantitative estimate of drug-likeness (QED) is 0.406. The molecule has 1 amide bonds. The number of carbonyl (C=O) groups is 1. The molecule has 1 aliphatic heterocycles. The Morgan fingerprint density at radius 2 is 1.82 bits per heavy atom. The molecule has 0 bridgehead atoms. The van der Waals surface area contributed by atoms with E-state index in [-0.39, 0.29) is 18.0 Å². The first-order chi connectivity index (χ1) is 16.2. The predicted molar refractivity (Wildman–Crippen MR) is 131 cm³/mol. The van der Waals surface area contributed by atoms with Crippen molar-refractivity contribution < 1.29 is 9.21 Å². The molecule has 2 atom stereocenters. The summed E-state index contributed by atoms with van der Waals surface area (Å²) in [5.41, 5.74) is 7.86. The maximum Gasteiger partial charge on any atom is 0.251 e. The highest BCUT2D eigenvalue weighted by atomic mass is 16.3. The summed E-state index contributed by atoms with van der Waals surface area (Å²) in [5, 5.41) is 7.95. The highest BCUT2D eigenvalue weighted by molar-refractivity contribution is 5.97. The van der Waals surface area contributed by atoms with Gasteiger partial charge in [-0.25, -0.2) is 0 Å². The first-order valence-electron chi connectivity index (χ1n) is 12.0. The minimum Gasteiger partial charge on any atom is -0.459 e. The van der Waals surface area contributed by atoms with Crippen LogP contribution in [0.4, 0.5) is 0 Å². The molecular weight excluding hydrogens is 408 g/mol. The molecule has 0 saturated heterocycles. The van der Waals surface area contributed by atoms with E-state index in [0.29, 0.717) is 6.54 Å². The van der Waals surface area contributed by atoms with E-state index < -0.39 is 0 Å². The molecule has 0 spiro atoms. The zero-order chi connectivity index (χ0) is 22.4. The number of hydrogen-bond donors (Lipinski definition) is 2. The van der Waals surface area contributed by atoms with Crippen LogP contribution in [0.5, 0.6) is 0 Å². The van der Waals surface area contributed by atoms with Crippen molar-refractivity contribution in [2.24, 2.45) is 0 Å². The fourth-order valence-corrected chi connectivity index (χ4v) is 5.41. The Bertz CT molecular complexity index is 1340. The Hall–Kier alpha value is -3.37. The van der Waals surface area contributed by atoms with Gasteiger partial charge in [0.05, 0.1) is 6.04 Å². The third kappa shape index (κ3) is 3.65. The van der Waals surface area contributed by atoms with E-state index in [2.05, 4.69) is 78.2 Å². The van der Waals surface area contributed by atoms with Crippen LogP contribution in [-0.4, -0.2) is 12.5 Å². The molecule has 1 aliphatic carbocycles. The van der Waals surface area contributed by atoms with Crippen LogP contribution in [0.15, 0.2) is 71.1 Å². The van der Waals surface area contributed by atoms with Crippen molar-refractivity contribution in [3.8, 4) is 11.1 Å². The molecule has 0 saturated carbocycles. The van der Waals surface area contributed by atoms with Gasteiger partial charge in [-0.3, -0.25) is 4.79 Å². The van der Waals surface area contributed by atoms with Gasteiger partial charge in [0.25, 0.3) is 5.91 Å². The number of amides is 1. The van der Waals surface area contributed by atoms with Gasteiger partial charge < -0.3 is 15.1 Å². The van der Waals surface area contributed by atoms with Crippen LogP contribution < -0.4 is 10.6 Å². The van der Waals surface area contributed by atoms with Gasteiger partial charge in [0.15, 0.2) is 0 Å². The third-order valence-corrected chi connectivity index (χ3v) is 7.17. The second-order valence-electron chi connectivity index (χ2n) is 9.28. The molecule has 3 aromatic carbocycles. The number of benzene rings is 3. The molecule has 6 rings (SSSR count). The average Bonchev–Trinajstić information content (AvgIpc) is 3.23. The predicted octanol–water partition coefficient (Wildman–Crippen LogP) is 6.11. The van der Waals surface area contributed by atoms with E-state index in [1.165, 1.54) is 22.1 Å². The first kappa shape index (κ1) is 20.3. The molecule has 1 unspecified atom stereocenters. The van der Waals surface area contributed by atoms with Crippen LogP contribution in [-0.2, 0) is 12.8 Å². The van der Waals surface area contributed by atoms with Gasteiger partial charge in [0.2, 0.25) is 0 Å².